The van der Waals surface area contributed by atoms with Gasteiger partial charge in [-0.05, 0) is 31.2 Å². The van der Waals surface area contributed by atoms with Crippen LogP contribution in [-0.4, -0.2) is 17.6 Å². The second-order valence-electron chi connectivity index (χ2n) is 4.78. The number of anilines is 1. The number of carbonyl (C=O) groups is 1. The van der Waals surface area contributed by atoms with E-state index in [1.807, 2.05) is 0 Å². The third-order valence-corrected chi connectivity index (χ3v) is 3.30. The quantitative estimate of drug-likeness (QED) is 0.695. The first-order valence-electron chi connectivity index (χ1n) is 6.50. The van der Waals surface area contributed by atoms with Crippen molar-refractivity contribution in [2.75, 3.05) is 12.1 Å². The molecule has 112 valence electrons. The van der Waals surface area contributed by atoms with E-state index >= 15 is 0 Å². The Hall–Kier alpha value is -3.09. The van der Waals surface area contributed by atoms with Crippen LogP contribution in [0.25, 0.3) is 0 Å². The summed E-state index contributed by atoms with van der Waals surface area (Å²) in [6, 6.07) is 9.36. The molecule has 0 aromatic heterocycles. The molecule has 3 rings (SSSR count). The first kappa shape index (κ1) is 13.9. The zero-order chi connectivity index (χ0) is 15.7. The molecule has 7 nitrogen and oxygen atoms in total. The van der Waals surface area contributed by atoms with Crippen LogP contribution in [0.2, 0.25) is 0 Å². The zero-order valence-corrected chi connectivity index (χ0v) is 11.7. The Bertz CT molecular complexity index is 773. The Balaban J connectivity index is 1.82. The average Bonchev–Trinajstić information content (AvgIpc) is 2.96. The fraction of sp³-hybridized carbons (Fsp3) is 0.133. The van der Waals surface area contributed by atoms with Crippen LogP contribution in [0.4, 0.5) is 11.4 Å². The van der Waals surface area contributed by atoms with Crippen molar-refractivity contribution in [3.05, 3.63) is 57.6 Å². The number of aryl methyl sites for hydroxylation is 1. The van der Waals surface area contributed by atoms with Crippen molar-refractivity contribution in [1.82, 2.24) is 0 Å². The van der Waals surface area contributed by atoms with Gasteiger partial charge in [0.2, 0.25) is 6.79 Å². The molecule has 1 N–H and O–H groups in total. The maximum atomic E-state index is 12.2. The third-order valence-electron chi connectivity index (χ3n) is 3.30. The number of rotatable bonds is 3. The van der Waals surface area contributed by atoms with Gasteiger partial charge in [-0.2, -0.15) is 0 Å². The molecule has 0 aliphatic carbocycles. The monoisotopic (exact) mass is 300 g/mol. The molecule has 2 aromatic carbocycles. The Morgan fingerprint density at radius 1 is 1.18 bits per heavy atom. The molecule has 0 saturated heterocycles. The SMILES string of the molecule is Cc1ccc(NC(=O)c2ccc3c(c2)OCO3)cc1[N+](=O)[O-]. The van der Waals surface area contributed by atoms with Crippen molar-refractivity contribution in [2.24, 2.45) is 0 Å². The average molecular weight is 300 g/mol. The minimum absolute atomic E-state index is 0.0384. The summed E-state index contributed by atoms with van der Waals surface area (Å²) < 4.78 is 10.4. The third kappa shape index (κ3) is 2.56. The number of nitrogens with zero attached hydrogens (tertiary/aromatic N) is 1. The van der Waals surface area contributed by atoms with Crippen LogP contribution in [0.3, 0.4) is 0 Å². The van der Waals surface area contributed by atoms with Crippen LogP contribution in [0.15, 0.2) is 36.4 Å². The minimum atomic E-state index is -0.481. The van der Waals surface area contributed by atoms with Crippen molar-refractivity contribution < 1.29 is 19.2 Å². The van der Waals surface area contributed by atoms with Gasteiger partial charge >= 0.3 is 0 Å². The second kappa shape index (κ2) is 5.36. The summed E-state index contributed by atoms with van der Waals surface area (Å²) in [7, 11) is 0. The second-order valence-corrected chi connectivity index (χ2v) is 4.78. The highest BCUT2D eigenvalue weighted by molar-refractivity contribution is 6.04. The molecule has 1 aliphatic heterocycles. The van der Waals surface area contributed by atoms with E-state index in [9.17, 15) is 14.9 Å². The molecule has 0 radical (unpaired) electrons. The molecule has 0 bridgehead atoms. The topological polar surface area (TPSA) is 90.7 Å². The predicted molar refractivity (Wildman–Crippen MR) is 78.4 cm³/mol. The smallest absolute Gasteiger partial charge is 0.274 e. The van der Waals surface area contributed by atoms with E-state index in [2.05, 4.69) is 5.32 Å². The number of amides is 1. The minimum Gasteiger partial charge on any atom is -0.454 e. The zero-order valence-electron chi connectivity index (χ0n) is 11.7. The van der Waals surface area contributed by atoms with Crippen LogP contribution in [-0.2, 0) is 0 Å². The number of nitro groups is 1. The maximum Gasteiger partial charge on any atom is 0.274 e. The van der Waals surface area contributed by atoms with Crippen LogP contribution < -0.4 is 14.8 Å². The lowest BCUT2D eigenvalue weighted by Gasteiger charge is -2.07. The van der Waals surface area contributed by atoms with E-state index in [4.69, 9.17) is 9.47 Å². The molecule has 1 amide bonds. The number of fused-ring (bicyclic) bond motifs is 1. The Morgan fingerprint density at radius 3 is 2.73 bits per heavy atom. The number of carbonyl (C=O) groups excluding carboxylic acids is 1. The van der Waals surface area contributed by atoms with E-state index in [0.29, 0.717) is 28.3 Å². The number of ether oxygens (including phenoxy) is 2. The summed E-state index contributed by atoms with van der Waals surface area (Å²) in [4.78, 5) is 22.6. The van der Waals surface area contributed by atoms with Gasteiger partial charge in [-0.3, -0.25) is 14.9 Å². The summed E-state index contributed by atoms with van der Waals surface area (Å²) in [6.45, 7) is 1.77. The van der Waals surface area contributed by atoms with E-state index in [1.165, 1.54) is 6.07 Å². The molecule has 0 unspecified atom stereocenters. The fourth-order valence-electron chi connectivity index (χ4n) is 2.12. The number of nitrogens with one attached hydrogen (secondary N) is 1. The van der Waals surface area contributed by atoms with E-state index < -0.39 is 4.92 Å². The molecule has 22 heavy (non-hydrogen) atoms. The molecule has 0 saturated carbocycles. The summed E-state index contributed by atoms with van der Waals surface area (Å²) in [6.07, 6.45) is 0. The van der Waals surface area contributed by atoms with E-state index in [1.54, 1.807) is 37.3 Å². The van der Waals surface area contributed by atoms with Gasteiger partial charge < -0.3 is 14.8 Å². The van der Waals surface area contributed by atoms with Gasteiger partial charge in [-0.15, -0.1) is 0 Å². The van der Waals surface area contributed by atoms with Gasteiger partial charge in [0.05, 0.1) is 4.92 Å². The van der Waals surface area contributed by atoms with Crippen LogP contribution in [0.1, 0.15) is 15.9 Å². The summed E-state index contributed by atoms with van der Waals surface area (Å²) >= 11 is 0. The van der Waals surface area contributed by atoms with Crippen molar-refractivity contribution in [1.29, 1.82) is 0 Å². The molecule has 2 aromatic rings. The molecular weight excluding hydrogens is 288 g/mol. The largest absolute Gasteiger partial charge is 0.454 e. The standard InChI is InChI=1S/C15H12N2O5/c1-9-2-4-11(7-12(9)17(19)20)16-15(18)10-3-5-13-14(6-10)22-8-21-13/h2-7H,8H2,1H3,(H,16,18). The first-order chi connectivity index (χ1) is 10.5. The summed E-state index contributed by atoms with van der Waals surface area (Å²) in [5.74, 6) is 0.710. The highest BCUT2D eigenvalue weighted by atomic mass is 16.7. The molecule has 1 heterocycles. The number of nitro benzene ring substituents is 1. The molecule has 1 aliphatic rings. The van der Waals surface area contributed by atoms with Crippen molar-refractivity contribution >= 4 is 17.3 Å². The lowest BCUT2D eigenvalue weighted by Crippen LogP contribution is -2.12. The van der Waals surface area contributed by atoms with Gasteiger partial charge in [0, 0.05) is 22.9 Å². The highest BCUT2D eigenvalue weighted by Crippen LogP contribution is 2.32. The molecule has 0 atom stereocenters. The van der Waals surface area contributed by atoms with Gasteiger partial charge in [-0.1, -0.05) is 6.07 Å². The molecule has 0 fully saturated rings. The van der Waals surface area contributed by atoms with Crippen molar-refractivity contribution in [3.8, 4) is 11.5 Å². The van der Waals surface area contributed by atoms with Crippen LogP contribution >= 0.6 is 0 Å². The van der Waals surface area contributed by atoms with Crippen molar-refractivity contribution in [2.45, 2.75) is 6.92 Å². The Morgan fingerprint density at radius 2 is 1.95 bits per heavy atom. The van der Waals surface area contributed by atoms with Crippen molar-refractivity contribution in [3.63, 3.8) is 0 Å². The van der Waals surface area contributed by atoms with Gasteiger partial charge in [0.1, 0.15) is 0 Å². The lowest BCUT2D eigenvalue weighted by molar-refractivity contribution is -0.385. The molecule has 0 spiro atoms. The maximum absolute atomic E-state index is 12.2. The van der Waals surface area contributed by atoms with Gasteiger partial charge in [-0.25, -0.2) is 0 Å². The Kier molecular flexibility index (Phi) is 3.38. The summed E-state index contributed by atoms with van der Waals surface area (Å²) in [5, 5.41) is 13.6. The molecular formula is C15H12N2O5. The number of hydrogen-bond donors (Lipinski definition) is 1. The van der Waals surface area contributed by atoms with Crippen LogP contribution in [0, 0.1) is 17.0 Å². The van der Waals surface area contributed by atoms with Gasteiger partial charge in [0.25, 0.3) is 11.6 Å². The van der Waals surface area contributed by atoms with E-state index in [-0.39, 0.29) is 18.4 Å². The molecule has 7 heteroatoms. The highest BCUT2D eigenvalue weighted by Gasteiger charge is 2.17. The lowest BCUT2D eigenvalue weighted by atomic mass is 10.1. The first-order valence-corrected chi connectivity index (χ1v) is 6.50. The summed E-state index contributed by atoms with van der Waals surface area (Å²) in [5.41, 5.74) is 1.24. The number of benzene rings is 2. The van der Waals surface area contributed by atoms with Crippen LogP contribution in [0.5, 0.6) is 11.5 Å². The predicted octanol–water partition coefficient (Wildman–Crippen LogP) is 2.88. The normalized spacial score (nSPS) is 12.0. The van der Waals surface area contributed by atoms with Gasteiger partial charge in [0.15, 0.2) is 11.5 Å². The number of hydrogen-bond acceptors (Lipinski definition) is 5. The Labute approximate surface area is 125 Å². The fourth-order valence-corrected chi connectivity index (χ4v) is 2.12. The van der Waals surface area contributed by atoms with E-state index in [0.717, 1.165) is 0 Å².